The van der Waals surface area contributed by atoms with Crippen LogP contribution < -0.4 is 0 Å². The Hall–Kier alpha value is -0.590. The van der Waals surface area contributed by atoms with Gasteiger partial charge in [0.1, 0.15) is 6.04 Å². The molecule has 0 aromatic carbocycles. The second-order valence-electron chi connectivity index (χ2n) is 3.56. The van der Waals surface area contributed by atoms with Crippen LogP contribution in [0.1, 0.15) is 12.8 Å². The summed E-state index contributed by atoms with van der Waals surface area (Å²) in [6.07, 6.45) is 2.49. The summed E-state index contributed by atoms with van der Waals surface area (Å²) in [4.78, 5) is 2.27. The van der Waals surface area contributed by atoms with Gasteiger partial charge < -0.3 is 4.74 Å². The second-order valence-corrected chi connectivity index (χ2v) is 3.56. The van der Waals surface area contributed by atoms with Crippen LogP contribution in [-0.4, -0.2) is 37.2 Å². The molecule has 3 nitrogen and oxygen atoms in total. The highest BCUT2D eigenvalue weighted by Crippen LogP contribution is 2.35. The van der Waals surface area contributed by atoms with Gasteiger partial charge in [-0.05, 0) is 18.8 Å². The Morgan fingerprint density at radius 1 is 1.33 bits per heavy atom. The van der Waals surface area contributed by atoms with Crippen LogP contribution in [0.4, 0.5) is 0 Å². The van der Waals surface area contributed by atoms with Crippen LogP contribution in [0.25, 0.3) is 0 Å². The van der Waals surface area contributed by atoms with Crippen molar-refractivity contribution >= 4 is 0 Å². The van der Waals surface area contributed by atoms with Gasteiger partial charge in [-0.25, -0.2) is 0 Å². The Balaban J connectivity index is 1.91. The molecule has 0 bridgehead atoms. The third-order valence-electron chi connectivity index (χ3n) is 2.64. The largest absolute Gasteiger partial charge is 0.379 e. The Morgan fingerprint density at radius 3 is 2.50 bits per heavy atom. The minimum absolute atomic E-state index is 0.175. The summed E-state index contributed by atoms with van der Waals surface area (Å²) < 4.78 is 5.24. The minimum Gasteiger partial charge on any atom is -0.379 e. The molecule has 1 aliphatic heterocycles. The molecule has 0 N–H and O–H groups in total. The van der Waals surface area contributed by atoms with E-state index in [2.05, 4.69) is 11.0 Å². The Kier molecular flexibility index (Phi) is 2.29. The van der Waals surface area contributed by atoms with Gasteiger partial charge in [0.15, 0.2) is 0 Å². The molecule has 2 aliphatic rings. The van der Waals surface area contributed by atoms with E-state index in [-0.39, 0.29) is 6.04 Å². The average molecular weight is 166 g/mol. The van der Waals surface area contributed by atoms with E-state index in [0.717, 1.165) is 26.3 Å². The third kappa shape index (κ3) is 1.60. The zero-order valence-corrected chi connectivity index (χ0v) is 7.20. The van der Waals surface area contributed by atoms with Crippen LogP contribution in [-0.2, 0) is 4.74 Å². The lowest BCUT2D eigenvalue weighted by Crippen LogP contribution is -2.43. The molecule has 66 valence electrons. The van der Waals surface area contributed by atoms with Crippen molar-refractivity contribution in [3.63, 3.8) is 0 Å². The smallest absolute Gasteiger partial charge is 0.101 e. The average Bonchev–Trinajstić information content (AvgIpc) is 2.92. The first-order valence-corrected chi connectivity index (χ1v) is 4.63. The van der Waals surface area contributed by atoms with Gasteiger partial charge in [-0.15, -0.1) is 0 Å². The van der Waals surface area contributed by atoms with Gasteiger partial charge in [-0.3, -0.25) is 4.90 Å². The monoisotopic (exact) mass is 166 g/mol. The highest BCUT2D eigenvalue weighted by Gasteiger charge is 2.35. The van der Waals surface area contributed by atoms with Crippen LogP contribution in [0.5, 0.6) is 0 Å². The summed E-state index contributed by atoms with van der Waals surface area (Å²) in [5, 5.41) is 8.96. The molecule has 1 saturated heterocycles. The van der Waals surface area contributed by atoms with Gasteiger partial charge in [0.2, 0.25) is 0 Å². The fraction of sp³-hybridized carbons (Fsp3) is 0.889. The highest BCUT2D eigenvalue weighted by molar-refractivity contribution is 5.02. The predicted octanol–water partition coefficient (Wildman–Crippen LogP) is 0.621. The molecule has 3 heteroatoms. The number of ether oxygens (including phenoxy) is 1. The number of nitriles is 1. The van der Waals surface area contributed by atoms with Gasteiger partial charge >= 0.3 is 0 Å². The normalized spacial score (nSPS) is 27.9. The van der Waals surface area contributed by atoms with Crippen LogP contribution >= 0.6 is 0 Å². The summed E-state index contributed by atoms with van der Waals surface area (Å²) in [7, 11) is 0. The van der Waals surface area contributed by atoms with Gasteiger partial charge in [0.25, 0.3) is 0 Å². The molecular formula is C9H14N2O. The van der Waals surface area contributed by atoms with Crippen molar-refractivity contribution in [2.24, 2.45) is 5.92 Å². The number of nitrogens with zero attached hydrogens (tertiary/aromatic N) is 2. The molecule has 1 heterocycles. The van der Waals surface area contributed by atoms with Gasteiger partial charge in [-0.1, -0.05) is 0 Å². The molecular weight excluding hydrogens is 152 g/mol. The SMILES string of the molecule is N#CC(C1CC1)N1CCOCC1. The fourth-order valence-electron chi connectivity index (χ4n) is 1.75. The quantitative estimate of drug-likeness (QED) is 0.603. The van der Waals surface area contributed by atoms with E-state index in [0.29, 0.717) is 5.92 Å². The van der Waals surface area contributed by atoms with E-state index in [1.165, 1.54) is 12.8 Å². The van der Waals surface area contributed by atoms with E-state index < -0.39 is 0 Å². The molecule has 0 radical (unpaired) electrons. The standard InChI is InChI=1S/C9H14N2O/c10-7-9(8-1-2-8)11-3-5-12-6-4-11/h8-9H,1-6H2. The van der Waals surface area contributed by atoms with Crippen molar-refractivity contribution in [2.75, 3.05) is 26.3 Å². The lowest BCUT2D eigenvalue weighted by Gasteiger charge is -2.30. The number of hydrogen-bond donors (Lipinski definition) is 0. The predicted molar refractivity (Wildman–Crippen MR) is 44.5 cm³/mol. The molecule has 0 aromatic rings. The van der Waals surface area contributed by atoms with E-state index >= 15 is 0 Å². The first-order valence-electron chi connectivity index (χ1n) is 4.63. The Morgan fingerprint density at radius 2 is 2.00 bits per heavy atom. The van der Waals surface area contributed by atoms with Gasteiger partial charge in [0.05, 0.1) is 19.3 Å². The summed E-state index contributed by atoms with van der Waals surface area (Å²) in [5.41, 5.74) is 0. The van der Waals surface area contributed by atoms with Crippen LogP contribution in [0, 0.1) is 17.2 Å². The number of rotatable bonds is 2. The molecule has 1 aliphatic carbocycles. The maximum atomic E-state index is 8.96. The van der Waals surface area contributed by atoms with Crippen LogP contribution in [0.15, 0.2) is 0 Å². The Labute approximate surface area is 72.9 Å². The molecule has 1 saturated carbocycles. The molecule has 0 amide bonds. The van der Waals surface area contributed by atoms with E-state index in [9.17, 15) is 0 Å². The van der Waals surface area contributed by atoms with Crippen molar-refractivity contribution < 1.29 is 4.74 Å². The van der Waals surface area contributed by atoms with E-state index in [1.54, 1.807) is 0 Å². The topological polar surface area (TPSA) is 36.3 Å². The molecule has 0 spiro atoms. The number of hydrogen-bond acceptors (Lipinski definition) is 3. The second kappa shape index (κ2) is 3.42. The van der Waals surface area contributed by atoms with Crippen LogP contribution in [0.2, 0.25) is 0 Å². The van der Waals surface area contributed by atoms with Crippen molar-refractivity contribution in [3.05, 3.63) is 0 Å². The first kappa shape index (κ1) is 8.03. The molecule has 2 fully saturated rings. The fourth-order valence-corrected chi connectivity index (χ4v) is 1.75. The zero-order valence-electron chi connectivity index (χ0n) is 7.20. The van der Waals surface area contributed by atoms with Crippen molar-refractivity contribution in [2.45, 2.75) is 18.9 Å². The first-order chi connectivity index (χ1) is 5.92. The summed E-state index contributed by atoms with van der Waals surface area (Å²) in [6.45, 7) is 3.47. The van der Waals surface area contributed by atoms with Gasteiger partial charge in [-0.2, -0.15) is 5.26 Å². The lowest BCUT2D eigenvalue weighted by atomic mass is 10.1. The molecule has 1 atom stereocenters. The highest BCUT2D eigenvalue weighted by atomic mass is 16.5. The summed E-state index contributed by atoms with van der Waals surface area (Å²) in [6, 6.07) is 2.58. The molecule has 1 unspecified atom stereocenters. The lowest BCUT2D eigenvalue weighted by molar-refractivity contribution is 0.0232. The minimum atomic E-state index is 0.175. The summed E-state index contributed by atoms with van der Waals surface area (Å²) in [5.74, 6) is 0.660. The van der Waals surface area contributed by atoms with Crippen molar-refractivity contribution in [1.29, 1.82) is 5.26 Å². The number of morpholine rings is 1. The summed E-state index contributed by atoms with van der Waals surface area (Å²) >= 11 is 0. The van der Waals surface area contributed by atoms with E-state index in [1.807, 2.05) is 0 Å². The maximum Gasteiger partial charge on any atom is 0.101 e. The van der Waals surface area contributed by atoms with Crippen LogP contribution in [0.3, 0.4) is 0 Å². The van der Waals surface area contributed by atoms with Crippen molar-refractivity contribution in [3.8, 4) is 6.07 Å². The molecule has 2 rings (SSSR count). The maximum absolute atomic E-state index is 8.96. The van der Waals surface area contributed by atoms with E-state index in [4.69, 9.17) is 10.00 Å². The van der Waals surface area contributed by atoms with Gasteiger partial charge in [0, 0.05) is 13.1 Å². The van der Waals surface area contributed by atoms with Crippen molar-refractivity contribution in [1.82, 2.24) is 4.90 Å². The zero-order chi connectivity index (χ0) is 8.39. The third-order valence-corrected chi connectivity index (χ3v) is 2.64. The molecule has 0 aromatic heterocycles. The Bertz CT molecular complexity index is 189. The molecule has 12 heavy (non-hydrogen) atoms.